The van der Waals surface area contributed by atoms with Crippen LogP contribution >= 0.6 is 0 Å². The van der Waals surface area contributed by atoms with Crippen LogP contribution in [0.4, 0.5) is 0 Å². The molecule has 2 heterocycles. The Morgan fingerprint density at radius 1 is 1.29 bits per heavy atom. The SMILES string of the molecule is CC1(C)OB(/C=C/c2cc(C(=O)O)c(O)cn2)OC1(C)C. The number of carbonyl (C=O) groups is 1. The molecule has 112 valence electrons. The molecule has 0 bridgehead atoms. The van der Waals surface area contributed by atoms with E-state index in [9.17, 15) is 9.90 Å². The number of hydrogen-bond acceptors (Lipinski definition) is 5. The smallest absolute Gasteiger partial charge is 0.487 e. The second kappa shape index (κ2) is 5.16. The molecule has 1 fully saturated rings. The lowest BCUT2D eigenvalue weighted by Crippen LogP contribution is -2.41. The van der Waals surface area contributed by atoms with E-state index >= 15 is 0 Å². The predicted molar refractivity (Wildman–Crippen MR) is 78.0 cm³/mol. The lowest BCUT2D eigenvalue weighted by molar-refractivity contribution is 0.00578. The van der Waals surface area contributed by atoms with Crippen LogP contribution in [0.15, 0.2) is 18.2 Å². The third kappa shape index (κ3) is 3.09. The molecule has 1 aliphatic heterocycles. The van der Waals surface area contributed by atoms with Gasteiger partial charge in [-0.15, -0.1) is 0 Å². The molecular formula is C14H18BNO5. The molecule has 21 heavy (non-hydrogen) atoms. The highest BCUT2D eigenvalue weighted by atomic mass is 16.7. The summed E-state index contributed by atoms with van der Waals surface area (Å²) in [6.07, 6.45) is 2.71. The highest BCUT2D eigenvalue weighted by molar-refractivity contribution is 6.52. The molecule has 7 heteroatoms. The van der Waals surface area contributed by atoms with Crippen molar-refractivity contribution < 1.29 is 24.3 Å². The average molecular weight is 291 g/mol. The van der Waals surface area contributed by atoms with Gasteiger partial charge < -0.3 is 19.5 Å². The van der Waals surface area contributed by atoms with Gasteiger partial charge in [0.05, 0.1) is 23.1 Å². The van der Waals surface area contributed by atoms with Crippen molar-refractivity contribution in [3.63, 3.8) is 0 Å². The summed E-state index contributed by atoms with van der Waals surface area (Å²) in [5.74, 6) is 0.0945. The van der Waals surface area contributed by atoms with E-state index < -0.39 is 24.3 Å². The van der Waals surface area contributed by atoms with Crippen LogP contribution in [0.5, 0.6) is 5.75 Å². The number of aromatic hydroxyl groups is 1. The summed E-state index contributed by atoms with van der Waals surface area (Å²) in [6, 6.07) is 1.29. The van der Waals surface area contributed by atoms with Crippen LogP contribution in [0, 0.1) is 0 Å². The number of hydrogen-bond donors (Lipinski definition) is 2. The van der Waals surface area contributed by atoms with Crippen molar-refractivity contribution in [1.29, 1.82) is 0 Å². The maximum absolute atomic E-state index is 10.9. The van der Waals surface area contributed by atoms with Gasteiger partial charge in [0.25, 0.3) is 0 Å². The van der Waals surface area contributed by atoms with Crippen molar-refractivity contribution >= 4 is 19.2 Å². The first kappa shape index (κ1) is 15.5. The standard InChI is InChI=1S/C14H18BNO5/c1-13(2)14(3,4)21-15(20-13)6-5-9-7-10(12(18)19)11(17)8-16-9/h5-8,17H,1-4H3,(H,18,19)/b6-5+. The van der Waals surface area contributed by atoms with E-state index in [-0.39, 0.29) is 11.3 Å². The summed E-state index contributed by atoms with van der Waals surface area (Å²) in [6.45, 7) is 7.79. The highest BCUT2D eigenvalue weighted by Gasteiger charge is 2.50. The minimum absolute atomic E-state index is 0.196. The number of aromatic nitrogens is 1. The zero-order valence-corrected chi connectivity index (χ0v) is 12.5. The molecular weight excluding hydrogens is 273 g/mol. The molecule has 2 N–H and O–H groups in total. The van der Waals surface area contributed by atoms with E-state index in [1.807, 2.05) is 27.7 Å². The monoisotopic (exact) mass is 291 g/mol. The maximum Gasteiger partial charge on any atom is 0.487 e. The summed E-state index contributed by atoms with van der Waals surface area (Å²) >= 11 is 0. The molecule has 0 unspecified atom stereocenters. The van der Waals surface area contributed by atoms with Gasteiger partial charge in [-0.3, -0.25) is 4.98 Å². The molecule has 0 radical (unpaired) electrons. The zero-order valence-electron chi connectivity index (χ0n) is 12.5. The van der Waals surface area contributed by atoms with Crippen LogP contribution in [0.3, 0.4) is 0 Å². The first-order valence-electron chi connectivity index (χ1n) is 6.58. The summed E-state index contributed by atoms with van der Waals surface area (Å²) in [5.41, 5.74) is -0.661. The van der Waals surface area contributed by atoms with Crippen LogP contribution < -0.4 is 0 Å². The Balaban J connectivity index is 2.16. The Morgan fingerprint density at radius 2 is 1.86 bits per heavy atom. The van der Waals surface area contributed by atoms with Gasteiger partial charge in [0.2, 0.25) is 0 Å². The fourth-order valence-corrected chi connectivity index (χ4v) is 1.87. The number of pyridine rings is 1. The molecule has 6 nitrogen and oxygen atoms in total. The highest BCUT2D eigenvalue weighted by Crippen LogP contribution is 2.37. The van der Waals surface area contributed by atoms with E-state index in [2.05, 4.69) is 4.98 Å². The summed E-state index contributed by atoms with van der Waals surface area (Å²) in [4.78, 5) is 14.9. The van der Waals surface area contributed by atoms with Gasteiger partial charge in [-0.1, -0.05) is 5.98 Å². The van der Waals surface area contributed by atoms with Crippen molar-refractivity contribution in [2.75, 3.05) is 0 Å². The molecule has 0 saturated carbocycles. The van der Waals surface area contributed by atoms with Gasteiger partial charge in [0, 0.05) is 0 Å². The molecule has 0 aliphatic carbocycles. The Kier molecular flexibility index (Phi) is 3.82. The summed E-state index contributed by atoms with van der Waals surface area (Å²) < 4.78 is 11.6. The average Bonchev–Trinajstić information content (AvgIpc) is 2.56. The molecule has 1 aromatic rings. The first-order valence-corrected chi connectivity index (χ1v) is 6.58. The van der Waals surface area contributed by atoms with Gasteiger partial charge in [-0.2, -0.15) is 0 Å². The third-order valence-corrected chi connectivity index (χ3v) is 3.83. The van der Waals surface area contributed by atoms with Crippen LogP contribution in [-0.2, 0) is 9.31 Å². The number of aromatic carboxylic acids is 1. The van der Waals surface area contributed by atoms with Crippen molar-refractivity contribution in [3.8, 4) is 5.75 Å². The molecule has 1 saturated heterocycles. The van der Waals surface area contributed by atoms with Gasteiger partial charge in [-0.25, -0.2) is 4.79 Å². The van der Waals surface area contributed by atoms with Crippen LogP contribution in [-0.4, -0.2) is 39.5 Å². The molecule has 0 amide bonds. The van der Waals surface area contributed by atoms with Crippen LogP contribution in [0.25, 0.3) is 6.08 Å². The second-order valence-electron chi connectivity index (χ2n) is 5.92. The molecule has 0 spiro atoms. The minimum Gasteiger partial charge on any atom is -0.505 e. The lowest BCUT2D eigenvalue weighted by atomic mass is 9.89. The maximum atomic E-state index is 10.9. The fourth-order valence-electron chi connectivity index (χ4n) is 1.87. The first-order chi connectivity index (χ1) is 9.62. The quantitative estimate of drug-likeness (QED) is 0.829. The van der Waals surface area contributed by atoms with Crippen molar-refractivity contribution in [2.45, 2.75) is 38.9 Å². The lowest BCUT2D eigenvalue weighted by Gasteiger charge is -2.32. The van der Waals surface area contributed by atoms with Crippen LogP contribution in [0.1, 0.15) is 43.7 Å². The van der Waals surface area contributed by atoms with Crippen LogP contribution in [0.2, 0.25) is 0 Å². The van der Waals surface area contributed by atoms with E-state index in [0.29, 0.717) is 5.69 Å². The van der Waals surface area contributed by atoms with Crippen molar-refractivity contribution in [2.24, 2.45) is 0 Å². The van der Waals surface area contributed by atoms with E-state index in [4.69, 9.17) is 14.4 Å². The number of nitrogens with zero attached hydrogens (tertiary/aromatic N) is 1. The van der Waals surface area contributed by atoms with Gasteiger partial charge in [0.15, 0.2) is 0 Å². The largest absolute Gasteiger partial charge is 0.505 e. The van der Waals surface area contributed by atoms with Gasteiger partial charge in [0.1, 0.15) is 11.3 Å². The Hall–Kier alpha value is -1.86. The van der Waals surface area contributed by atoms with E-state index in [1.165, 1.54) is 6.07 Å². The number of carboxylic acid groups (broad SMARTS) is 1. The fraction of sp³-hybridized carbons (Fsp3) is 0.429. The Labute approximate surface area is 123 Å². The molecule has 1 aromatic heterocycles. The second-order valence-corrected chi connectivity index (χ2v) is 5.92. The Bertz CT molecular complexity index is 581. The minimum atomic E-state index is -1.21. The summed E-state index contributed by atoms with van der Waals surface area (Å²) in [5, 5.41) is 18.4. The van der Waals surface area contributed by atoms with Crippen molar-refractivity contribution in [1.82, 2.24) is 4.98 Å². The van der Waals surface area contributed by atoms with E-state index in [1.54, 1.807) is 12.1 Å². The van der Waals surface area contributed by atoms with Gasteiger partial charge >= 0.3 is 13.1 Å². The predicted octanol–water partition coefficient (Wildman–Crippen LogP) is 2.13. The molecule has 0 aromatic carbocycles. The normalized spacial score (nSPS) is 20.1. The number of rotatable bonds is 3. The number of carboxylic acids is 1. The zero-order chi connectivity index (χ0) is 15.8. The van der Waals surface area contributed by atoms with Crippen molar-refractivity contribution in [3.05, 3.63) is 29.5 Å². The van der Waals surface area contributed by atoms with E-state index in [0.717, 1.165) is 6.20 Å². The third-order valence-electron chi connectivity index (χ3n) is 3.83. The topological polar surface area (TPSA) is 88.9 Å². The molecule has 0 atom stereocenters. The molecule has 1 aliphatic rings. The Morgan fingerprint density at radius 3 is 2.38 bits per heavy atom. The molecule has 2 rings (SSSR count). The summed E-state index contributed by atoms with van der Waals surface area (Å²) in [7, 11) is -0.529. The van der Waals surface area contributed by atoms with Gasteiger partial charge in [-0.05, 0) is 39.8 Å².